The zero-order chi connectivity index (χ0) is 16.2. The van der Waals surface area contributed by atoms with Crippen LogP contribution in [0.3, 0.4) is 0 Å². The molecule has 0 spiro atoms. The highest BCUT2D eigenvalue weighted by Gasteiger charge is 2.21. The van der Waals surface area contributed by atoms with Crippen LogP contribution in [0.2, 0.25) is 5.02 Å². The minimum Gasteiger partial charge on any atom is -0.345 e. The quantitative estimate of drug-likeness (QED) is 0.897. The molecule has 2 heterocycles. The van der Waals surface area contributed by atoms with Crippen LogP contribution in [0.1, 0.15) is 36.2 Å². The standard InChI is InChI=1S/C16H20ClN5O/c1-2-14-20-15(16(23)19-11-6-5-9-18-10-11)21-22(14)13-8-4-3-7-12(13)17/h3-4,7-8,11,18H,2,5-6,9-10H2,1H3,(H,19,23)/t11-/m0/s1. The second-order valence-electron chi connectivity index (χ2n) is 5.59. The van der Waals surface area contributed by atoms with Crippen molar-refractivity contribution < 1.29 is 4.79 Å². The van der Waals surface area contributed by atoms with E-state index in [9.17, 15) is 4.79 Å². The third-order valence-corrected chi connectivity index (χ3v) is 4.23. The van der Waals surface area contributed by atoms with Gasteiger partial charge in [0.05, 0.1) is 10.7 Å². The number of piperidine rings is 1. The van der Waals surface area contributed by atoms with E-state index >= 15 is 0 Å². The van der Waals surface area contributed by atoms with Gasteiger partial charge in [0.1, 0.15) is 5.82 Å². The van der Waals surface area contributed by atoms with Crippen LogP contribution < -0.4 is 10.6 Å². The lowest BCUT2D eigenvalue weighted by molar-refractivity contribution is 0.0920. The third-order valence-electron chi connectivity index (χ3n) is 3.91. The molecule has 0 bridgehead atoms. The number of aromatic nitrogens is 3. The highest BCUT2D eigenvalue weighted by Crippen LogP contribution is 2.20. The number of carbonyl (C=O) groups is 1. The maximum absolute atomic E-state index is 12.4. The third kappa shape index (κ3) is 3.54. The van der Waals surface area contributed by atoms with E-state index in [4.69, 9.17) is 11.6 Å². The molecule has 23 heavy (non-hydrogen) atoms. The van der Waals surface area contributed by atoms with Crippen LogP contribution >= 0.6 is 11.6 Å². The molecule has 7 heteroatoms. The molecule has 0 unspecified atom stereocenters. The number of nitrogens with zero attached hydrogens (tertiary/aromatic N) is 3. The van der Waals surface area contributed by atoms with E-state index in [1.165, 1.54) is 0 Å². The second kappa shape index (κ2) is 7.10. The molecule has 0 aliphatic carbocycles. The zero-order valence-corrected chi connectivity index (χ0v) is 13.8. The molecule has 1 fully saturated rings. The molecular weight excluding hydrogens is 314 g/mol. The van der Waals surface area contributed by atoms with Gasteiger partial charge in [-0.1, -0.05) is 30.7 Å². The molecule has 1 aliphatic rings. The lowest BCUT2D eigenvalue weighted by atomic mass is 10.1. The van der Waals surface area contributed by atoms with Crippen molar-refractivity contribution >= 4 is 17.5 Å². The van der Waals surface area contributed by atoms with Gasteiger partial charge in [-0.15, -0.1) is 5.10 Å². The van der Waals surface area contributed by atoms with Crippen molar-refractivity contribution in [2.75, 3.05) is 13.1 Å². The van der Waals surface area contributed by atoms with Crippen molar-refractivity contribution in [1.82, 2.24) is 25.4 Å². The topological polar surface area (TPSA) is 71.8 Å². The SMILES string of the molecule is CCc1nc(C(=O)N[C@H]2CCCNC2)nn1-c1ccccc1Cl. The highest BCUT2D eigenvalue weighted by atomic mass is 35.5. The van der Waals surface area contributed by atoms with Crippen LogP contribution in [0, 0.1) is 0 Å². The molecule has 1 saturated heterocycles. The fourth-order valence-corrected chi connectivity index (χ4v) is 2.93. The Labute approximate surface area is 140 Å². The summed E-state index contributed by atoms with van der Waals surface area (Å²) in [5, 5.41) is 11.2. The summed E-state index contributed by atoms with van der Waals surface area (Å²) in [5.41, 5.74) is 0.733. The predicted molar refractivity (Wildman–Crippen MR) is 89.1 cm³/mol. The molecule has 1 amide bonds. The number of hydrogen-bond acceptors (Lipinski definition) is 4. The van der Waals surface area contributed by atoms with Gasteiger partial charge in [0.2, 0.25) is 5.82 Å². The van der Waals surface area contributed by atoms with E-state index in [0.717, 1.165) is 31.6 Å². The number of carbonyl (C=O) groups excluding carboxylic acids is 1. The second-order valence-corrected chi connectivity index (χ2v) is 5.99. The minimum atomic E-state index is -0.237. The van der Waals surface area contributed by atoms with E-state index in [2.05, 4.69) is 20.7 Å². The molecule has 3 rings (SSSR count). The molecular formula is C16H20ClN5O. The maximum atomic E-state index is 12.4. The van der Waals surface area contributed by atoms with Crippen molar-refractivity contribution in [2.45, 2.75) is 32.2 Å². The van der Waals surface area contributed by atoms with Crippen LogP contribution in [0.25, 0.3) is 5.69 Å². The lowest BCUT2D eigenvalue weighted by Gasteiger charge is -2.23. The largest absolute Gasteiger partial charge is 0.345 e. The minimum absolute atomic E-state index is 0.133. The number of nitrogens with one attached hydrogen (secondary N) is 2. The summed E-state index contributed by atoms with van der Waals surface area (Å²) in [6.07, 6.45) is 2.70. The summed E-state index contributed by atoms with van der Waals surface area (Å²) < 4.78 is 1.65. The number of amides is 1. The van der Waals surface area contributed by atoms with Crippen molar-refractivity contribution in [1.29, 1.82) is 0 Å². The summed E-state index contributed by atoms with van der Waals surface area (Å²) in [6, 6.07) is 7.54. The van der Waals surface area contributed by atoms with Crippen molar-refractivity contribution in [2.24, 2.45) is 0 Å². The Hall–Kier alpha value is -1.92. The predicted octanol–water partition coefficient (Wildman–Crippen LogP) is 1.96. The van der Waals surface area contributed by atoms with E-state index in [-0.39, 0.29) is 17.8 Å². The molecule has 1 aliphatic heterocycles. The number of benzene rings is 1. The molecule has 2 aromatic rings. The Kier molecular flexibility index (Phi) is 4.93. The molecule has 0 radical (unpaired) electrons. The van der Waals surface area contributed by atoms with Gasteiger partial charge in [-0.25, -0.2) is 9.67 Å². The Balaban J connectivity index is 1.84. The van der Waals surface area contributed by atoms with Crippen LogP contribution in [-0.4, -0.2) is 39.8 Å². The monoisotopic (exact) mass is 333 g/mol. The van der Waals surface area contributed by atoms with E-state index in [1.54, 1.807) is 10.7 Å². The van der Waals surface area contributed by atoms with Crippen molar-refractivity contribution in [3.05, 3.63) is 40.9 Å². The Bertz CT molecular complexity index is 694. The van der Waals surface area contributed by atoms with Crippen molar-refractivity contribution in [3.8, 4) is 5.69 Å². The molecule has 122 valence electrons. The highest BCUT2D eigenvalue weighted by molar-refractivity contribution is 6.32. The first-order chi connectivity index (χ1) is 11.2. The van der Waals surface area contributed by atoms with Gasteiger partial charge in [0, 0.05) is 19.0 Å². The maximum Gasteiger partial charge on any atom is 0.291 e. The average Bonchev–Trinajstić information content (AvgIpc) is 3.00. The van der Waals surface area contributed by atoms with E-state index in [1.807, 2.05) is 25.1 Å². The van der Waals surface area contributed by atoms with Gasteiger partial charge in [-0.3, -0.25) is 4.79 Å². The molecule has 6 nitrogen and oxygen atoms in total. The van der Waals surface area contributed by atoms with Crippen LogP contribution in [0.15, 0.2) is 24.3 Å². The Morgan fingerprint density at radius 1 is 1.48 bits per heavy atom. The first kappa shape index (κ1) is 16.0. The molecule has 0 saturated carbocycles. The Morgan fingerprint density at radius 2 is 2.30 bits per heavy atom. The van der Waals surface area contributed by atoms with Crippen molar-refractivity contribution in [3.63, 3.8) is 0 Å². The summed E-state index contributed by atoms with van der Waals surface area (Å²) >= 11 is 6.23. The van der Waals surface area contributed by atoms with Gasteiger partial charge in [-0.05, 0) is 31.5 Å². The first-order valence-electron chi connectivity index (χ1n) is 7.91. The van der Waals surface area contributed by atoms with Gasteiger partial charge in [0.25, 0.3) is 5.91 Å². The average molecular weight is 334 g/mol. The molecule has 1 aromatic carbocycles. The number of rotatable bonds is 4. The number of para-hydroxylation sites is 1. The van der Waals surface area contributed by atoms with Gasteiger partial charge >= 0.3 is 0 Å². The number of hydrogen-bond donors (Lipinski definition) is 2. The number of halogens is 1. The zero-order valence-electron chi connectivity index (χ0n) is 13.1. The summed E-state index contributed by atoms with van der Waals surface area (Å²) in [4.78, 5) is 16.8. The summed E-state index contributed by atoms with van der Waals surface area (Å²) in [7, 11) is 0. The fourth-order valence-electron chi connectivity index (χ4n) is 2.71. The normalized spacial score (nSPS) is 17.9. The smallest absolute Gasteiger partial charge is 0.291 e. The van der Waals surface area contributed by atoms with Crippen LogP contribution in [0.4, 0.5) is 0 Å². The number of aryl methyl sites for hydroxylation is 1. The van der Waals surface area contributed by atoms with Gasteiger partial charge in [0.15, 0.2) is 0 Å². The molecule has 1 atom stereocenters. The lowest BCUT2D eigenvalue weighted by Crippen LogP contribution is -2.45. The first-order valence-corrected chi connectivity index (χ1v) is 8.29. The fraction of sp³-hybridized carbons (Fsp3) is 0.438. The van der Waals surface area contributed by atoms with Gasteiger partial charge < -0.3 is 10.6 Å². The summed E-state index contributed by atoms with van der Waals surface area (Å²) in [5.74, 6) is 0.663. The van der Waals surface area contributed by atoms with E-state index < -0.39 is 0 Å². The van der Waals surface area contributed by atoms with Crippen LogP contribution in [-0.2, 0) is 6.42 Å². The summed E-state index contributed by atoms with van der Waals surface area (Å²) in [6.45, 7) is 3.77. The molecule has 1 aromatic heterocycles. The van der Waals surface area contributed by atoms with Crippen LogP contribution in [0.5, 0.6) is 0 Å². The Morgan fingerprint density at radius 3 is 3.00 bits per heavy atom. The van der Waals surface area contributed by atoms with Gasteiger partial charge in [-0.2, -0.15) is 0 Å². The molecule has 2 N–H and O–H groups in total. The van der Waals surface area contributed by atoms with E-state index in [0.29, 0.717) is 17.3 Å².